The smallest absolute Gasteiger partial charge is 0.125 e. The highest BCUT2D eigenvalue weighted by Crippen LogP contribution is 2.33. The highest BCUT2D eigenvalue weighted by atomic mass is 35.5. The molecule has 20 heavy (non-hydrogen) atoms. The van der Waals surface area contributed by atoms with Gasteiger partial charge in [0, 0.05) is 29.9 Å². The Kier molecular flexibility index (Phi) is 3.90. The van der Waals surface area contributed by atoms with Crippen molar-refractivity contribution in [2.75, 3.05) is 6.61 Å². The molecule has 0 bridgehead atoms. The van der Waals surface area contributed by atoms with E-state index in [1.54, 1.807) is 12.4 Å². The SMILES string of the molecule is NC(Cc1ccncc1)Cc1cc(Cl)cc2c1OCC2. The molecule has 0 amide bonds. The molecule has 0 fully saturated rings. The van der Waals surface area contributed by atoms with Crippen molar-refractivity contribution in [2.24, 2.45) is 5.73 Å². The number of hydrogen-bond donors (Lipinski definition) is 1. The van der Waals surface area contributed by atoms with Crippen LogP contribution in [0.1, 0.15) is 16.7 Å². The molecule has 1 aromatic heterocycles. The molecule has 1 aliphatic heterocycles. The molecule has 1 unspecified atom stereocenters. The summed E-state index contributed by atoms with van der Waals surface area (Å²) < 4.78 is 5.71. The maximum atomic E-state index is 6.26. The lowest BCUT2D eigenvalue weighted by Gasteiger charge is -2.14. The van der Waals surface area contributed by atoms with Gasteiger partial charge in [0.1, 0.15) is 5.75 Å². The molecule has 1 aromatic carbocycles. The van der Waals surface area contributed by atoms with E-state index in [0.29, 0.717) is 0 Å². The summed E-state index contributed by atoms with van der Waals surface area (Å²) in [5, 5.41) is 0.764. The van der Waals surface area contributed by atoms with Crippen LogP contribution in [0, 0.1) is 0 Å². The number of ether oxygens (including phenoxy) is 1. The Morgan fingerprint density at radius 3 is 2.85 bits per heavy atom. The van der Waals surface area contributed by atoms with Crippen LogP contribution in [0.4, 0.5) is 0 Å². The molecule has 0 saturated heterocycles. The molecule has 104 valence electrons. The number of pyridine rings is 1. The maximum absolute atomic E-state index is 6.26. The minimum atomic E-state index is 0.0455. The van der Waals surface area contributed by atoms with Crippen molar-refractivity contribution in [3.05, 3.63) is 58.4 Å². The van der Waals surface area contributed by atoms with Gasteiger partial charge in [-0.25, -0.2) is 0 Å². The van der Waals surface area contributed by atoms with E-state index in [2.05, 4.69) is 4.98 Å². The van der Waals surface area contributed by atoms with Crippen molar-refractivity contribution in [3.63, 3.8) is 0 Å². The van der Waals surface area contributed by atoms with Gasteiger partial charge in [0.15, 0.2) is 0 Å². The fraction of sp³-hybridized carbons (Fsp3) is 0.312. The van der Waals surface area contributed by atoms with E-state index in [0.717, 1.165) is 42.2 Å². The van der Waals surface area contributed by atoms with Gasteiger partial charge in [-0.15, -0.1) is 0 Å². The first-order valence-electron chi connectivity index (χ1n) is 6.81. The number of fused-ring (bicyclic) bond motifs is 1. The number of halogens is 1. The average molecular weight is 289 g/mol. The number of nitrogens with two attached hydrogens (primary N) is 1. The normalized spacial score (nSPS) is 14.7. The van der Waals surface area contributed by atoms with Crippen LogP contribution < -0.4 is 10.5 Å². The Morgan fingerprint density at radius 1 is 1.25 bits per heavy atom. The second-order valence-electron chi connectivity index (χ2n) is 5.18. The van der Waals surface area contributed by atoms with Gasteiger partial charge >= 0.3 is 0 Å². The molecule has 2 aromatic rings. The Hall–Kier alpha value is -1.58. The summed E-state index contributed by atoms with van der Waals surface area (Å²) in [7, 11) is 0. The van der Waals surface area contributed by atoms with Crippen LogP contribution in [0.15, 0.2) is 36.7 Å². The molecule has 0 aliphatic carbocycles. The third-order valence-corrected chi connectivity index (χ3v) is 3.77. The number of nitrogens with zero attached hydrogens (tertiary/aromatic N) is 1. The fourth-order valence-corrected chi connectivity index (χ4v) is 2.94. The largest absolute Gasteiger partial charge is 0.493 e. The zero-order valence-corrected chi connectivity index (χ0v) is 11.9. The van der Waals surface area contributed by atoms with E-state index >= 15 is 0 Å². The van der Waals surface area contributed by atoms with Crippen molar-refractivity contribution in [3.8, 4) is 5.75 Å². The van der Waals surface area contributed by atoms with Crippen molar-refractivity contribution >= 4 is 11.6 Å². The van der Waals surface area contributed by atoms with Gasteiger partial charge in [0.2, 0.25) is 0 Å². The second-order valence-corrected chi connectivity index (χ2v) is 5.61. The first-order chi connectivity index (χ1) is 9.72. The van der Waals surface area contributed by atoms with Crippen LogP contribution in [0.5, 0.6) is 5.75 Å². The molecular formula is C16H17ClN2O. The average Bonchev–Trinajstić information content (AvgIpc) is 2.88. The molecule has 2 N–H and O–H groups in total. The monoisotopic (exact) mass is 288 g/mol. The number of hydrogen-bond acceptors (Lipinski definition) is 3. The van der Waals surface area contributed by atoms with Crippen molar-refractivity contribution < 1.29 is 4.74 Å². The molecule has 3 nitrogen and oxygen atoms in total. The van der Waals surface area contributed by atoms with Gasteiger partial charge in [-0.05, 0) is 53.8 Å². The quantitative estimate of drug-likeness (QED) is 0.941. The van der Waals surface area contributed by atoms with E-state index in [1.807, 2.05) is 24.3 Å². The van der Waals surface area contributed by atoms with Gasteiger partial charge in [-0.2, -0.15) is 0 Å². The summed E-state index contributed by atoms with van der Waals surface area (Å²) >= 11 is 6.17. The number of rotatable bonds is 4. The van der Waals surface area contributed by atoms with Gasteiger partial charge in [0.25, 0.3) is 0 Å². The Labute approximate surface area is 123 Å². The summed E-state index contributed by atoms with van der Waals surface area (Å²) in [5.74, 6) is 0.986. The molecule has 1 atom stereocenters. The maximum Gasteiger partial charge on any atom is 0.125 e. The van der Waals surface area contributed by atoms with Crippen molar-refractivity contribution in [1.29, 1.82) is 0 Å². The van der Waals surface area contributed by atoms with Crippen LogP contribution in [-0.2, 0) is 19.3 Å². The standard InChI is InChI=1S/C16H17ClN2O/c17-14-8-12-3-6-20-16(12)13(9-14)10-15(18)7-11-1-4-19-5-2-11/h1-2,4-5,8-9,15H,3,6-7,10,18H2. The van der Waals surface area contributed by atoms with E-state index in [9.17, 15) is 0 Å². The van der Waals surface area contributed by atoms with Crippen LogP contribution in [0.25, 0.3) is 0 Å². The number of benzene rings is 1. The predicted octanol–water partition coefficient (Wildman–Crippen LogP) is 2.78. The lowest BCUT2D eigenvalue weighted by molar-refractivity contribution is 0.352. The van der Waals surface area contributed by atoms with Crippen molar-refractivity contribution in [2.45, 2.75) is 25.3 Å². The van der Waals surface area contributed by atoms with Crippen LogP contribution >= 0.6 is 11.6 Å². The molecular weight excluding hydrogens is 272 g/mol. The highest BCUT2D eigenvalue weighted by Gasteiger charge is 2.19. The topological polar surface area (TPSA) is 48.1 Å². The zero-order valence-electron chi connectivity index (χ0n) is 11.2. The molecule has 4 heteroatoms. The van der Waals surface area contributed by atoms with Gasteiger partial charge in [-0.1, -0.05) is 11.6 Å². The lowest BCUT2D eigenvalue weighted by atomic mass is 9.98. The Morgan fingerprint density at radius 2 is 2.05 bits per heavy atom. The first-order valence-corrected chi connectivity index (χ1v) is 7.19. The molecule has 0 radical (unpaired) electrons. The molecule has 0 saturated carbocycles. The minimum absolute atomic E-state index is 0.0455. The van der Waals surface area contributed by atoms with Crippen LogP contribution in [0.3, 0.4) is 0 Å². The van der Waals surface area contributed by atoms with Gasteiger partial charge < -0.3 is 10.5 Å². The second kappa shape index (κ2) is 5.81. The van der Waals surface area contributed by atoms with Crippen molar-refractivity contribution in [1.82, 2.24) is 4.98 Å². The number of aromatic nitrogens is 1. The fourth-order valence-electron chi connectivity index (χ4n) is 2.67. The third-order valence-electron chi connectivity index (χ3n) is 3.55. The summed E-state index contributed by atoms with van der Waals surface area (Å²) in [4.78, 5) is 4.02. The first kappa shape index (κ1) is 13.4. The minimum Gasteiger partial charge on any atom is -0.493 e. The third kappa shape index (κ3) is 2.94. The van der Waals surface area contributed by atoms with Gasteiger partial charge in [-0.3, -0.25) is 4.98 Å². The van der Waals surface area contributed by atoms with Crippen LogP contribution in [-0.4, -0.2) is 17.6 Å². The van der Waals surface area contributed by atoms with E-state index in [1.165, 1.54) is 11.1 Å². The van der Waals surface area contributed by atoms with E-state index in [-0.39, 0.29) is 6.04 Å². The van der Waals surface area contributed by atoms with E-state index < -0.39 is 0 Å². The summed E-state index contributed by atoms with van der Waals surface area (Å²) in [6, 6.07) is 8.00. The molecule has 2 heterocycles. The predicted molar refractivity (Wildman–Crippen MR) is 80.3 cm³/mol. The summed E-state index contributed by atoms with van der Waals surface area (Å²) in [6.07, 6.45) is 6.11. The molecule has 0 spiro atoms. The summed E-state index contributed by atoms with van der Waals surface area (Å²) in [5.41, 5.74) is 9.78. The Balaban J connectivity index is 1.75. The molecule has 3 rings (SSSR count). The van der Waals surface area contributed by atoms with Crippen LogP contribution in [0.2, 0.25) is 5.02 Å². The van der Waals surface area contributed by atoms with E-state index in [4.69, 9.17) is 22.1 Å². The lowest BCUT2D eigenvalue weighted by Crippen LogP contribution is -2.25. The summed E-state index contributed by atoms with van der Waals surface area (Å²) in [6.45, 7) is 0.738. The Bertz CT molecular complexity index is 601. The van der Waals surface area contributed by atoms with Gasteiger partial charge in [0.05, 0.1) is 6.61 Å². The molecule has 1 aliphatic rings. The zero-order chi connectivity index (χ0) is 13.9. The highest BCUT2D eigenvalue weighted by molar-refractivity contribution is 6.30.